The van der Waals surface area contributed by atoms with Gasteiger partial charge in [0.2, 0.25) is 0 Å². The van der Waals surface area contributed by atoms with Gasteiger partial charge >= 0.3 is 17.9 Å². The van der Waals surface area contributed by atoms with E-state index in [2.05, 4.69) is 70.5 Å². The Morgan fingerprint density at radius 2 is 0.953 bits per heavy atom. The van der Waals surface area contributed by atoms with Gasteiger partial charge in [0.05, 0.1) is 35.6 Å². The third-order valence-electron chi connectivity index (χ3n) is 13.4. The number of Topliss-reactive ketones (excluding diaryl/α,β-unsaturated/α-hetero) is 2. The minimum Gasteiger partial charge on any atom is -0.511 e. The predicted octanol–water partition coefficient (Wildman–Crippen LogP) is 9.14. The van der Waals surface area contributed by atoms with Crippen molar-refractivity contribution in [1.29, 1.82) is 0 Å². The standard InChI is InChI=1S/C25H32O5.C23H30O4.C4H6O3/c1-7-16-9-14(3)10-17(8-2)20(16)21-22(27)18-11-25(13-28-24(5,6)30-25)12-19(18)23(21)29-15(4)26;1-6-14-8-13(3)9-15(7-2)18(14)19-20(24)16-10-23(11-17(16)21(19)25)12-26-22(4,5)27-23;1-3(5)7-4(2)6/h9-10,18-19H,7-8,11-13H2,1-6H3;8-9,16-17,24H,6-7,10-12H2,1-5H3;1-2H3. The van der Waals surface area contributed by atoms with Gasteiger partial charge in [0.1, 0.15) is 11.5 Å². The van der Waals surface area contributed by atoms with E-state index in [1.165, 1.54) is 31.9 Å². The van der Waals surface area contributed by atoms with Crippen LogP contribution in [0.25, 0.3) is 11.1 Å². The Balaban J connectivity index is 0.000000186. The molecule has 12 nitrogen and oxygen atoms in total. The normalized spacial score (nSPS) is 28.3. The molecule has 4 aliphatic carbocycles. The summed E-state index contributed by atoms with van der Waals surface area (Å²) < 4.78 is 33.8. The summed E-state index contributed by atoms with van der Waals surface area (Å²) in [5, 5.41) is 11.1. The van der Waals surface area contributed by atoms with Crippen molar-refractivity contribution in [2.24, 2.45) is 23.7 Å². The van der Waals surface area contributed by atoms with Gasteiger partial charge in [0.15, 0.2) is 23.1 Å². The Morgan fingerprint density at radius 1 is 0.594 bits per heavy atom. The molecule has 64 heavy (non-hydrogen) atoms. The Morgan fingerprint density at radius 3 is 1.28 bits per heavy atom. The van der Waals surface area contributed by atoms with Gasteiger partial charge in [0, 0.05) is 44.4 Å². The summed E-state index contributed by atoms with van der Waals surface area (Å²) in [6.07, 6.45) is 5.84. The Kier molecular flexibility index (Phi) is 14.1. The van der Waals surface area contributed by atoms with Crippen LogP contribution in [0, 0.1) is 37.5 Å². The van der Waals surface area contributed by atoms with Crippen molar-refractivity contribution < 1.29 is 57.5 Å². The molecule has 0 radical (unpaired) electrons. The van der Waals surface area contributed by atoms with E-state index in [-0.39, 0.29) is 47.0 Å². The summed E-state index contributed by atoms with van der Waals surface area (Å²) >= 11 is 0. The van der Waals surface area contributed by atoms with Gasteiger partial charge < -0.3 is 33.5 Å². The Hall–Kier alpha value is -4.49. The average molecular weight is 885 g/mol. The fourth-order valence-electron chi connectivity index (χ4n) is 11.2. The first-order valence-corrected chi connectivity index (χ1v) is 23.0. The maximum absolute atomic E-state index is 13.8. The molecule has 2 heterocycles. The highest BCUT2D eigenvalue weighted by atomic mass is 16.8. The lowest BCUT2D eigenvalue weighted by molar-refractivity contribution is -0.161. The van der Waals surface area contributed by atoms with Gasteiger partial charge in [-0.1, -0.05) is 63.1 Å². The molecule has 2 spiro atoms. The van der Waals surface area contributed by atoms with E-state index in [1.807, 2.05) is 27.7 Å². The number of allylic oxidation sites excluding steroid dienone is 4. The number of carbonyl (C=O) groups is 5. The van der Waals surface area contributed by atoms with Crippen LogP contribution in [0.1, 0.15) is 146 Å². The molecule has 2 saturated heterocycles. The number of aryl methyl sites for hydroxylation is 6. The van der Waals surface area contributed by atoms with Crippen molar-refractivity contribution in [2.45, 2.75) is 164 Å². The minimum atomic E-state index is -0.655. The highest BCUT2D eigenvalue weighted by Gasteiger charge is 2.61. The third-order valence-corrected chi connectivity index (χ3v) is 13.4. The van der Waals surface area contributed by atoms with Gasteiger partial charge in [-0.25, -0.2) is 0 Å². The number of benzene rings is 2. The fraction of sp³-hybridized carbons (Fsp3) is 0.596. The highest BCUT2D eigenvalue weighted by Crippen LogP contribution is 2.58. The molecule has 4 fully saturated rings. The zero-order valence-corrected chi connectivity index (χ0v) is 40.1. The van der Waals surface area contributed by atoms with Gasteiger partial charge in [-0.05, 0) is 126 Å². The number of fused-ring (bicyclic) bond motifs is 2. The van der Waals surface area contributed by atoms with Gasteiger partial charge in [0.25, 0.3) is 0 Å². The molecule has 0 aromatic heterocycles. The monoisotopic (exact) mass is 884 g/mol. The van der Waals surface area contributed by atoms with E-state index in [0.717, 1.165) is 59.1 Å². The molecule has 2 aliphatic heterocycles. The molecule has 348 valence electrons. The van der Waals surface area contributed by atoms with Gasteiger partial charge in [-0.2, -0.15) is 0 Å². The first kappa shape index (κ1) is 49.0. The summed E-state index contributed by atoms with van der Waals surface area (Å²) in [6, 6.07) is 8.58. The van der Waals surface area contributed by atoms with E-state index in [1.54, 1.807) is 0 Å². The summed E-state index contributed by atoms with van der Waals surface area (Å²) in [5.74, 6) is -2.56. The SMILES string of the molecule is CC(=O)OC(C)=O.CCc1cc(C)cc(CC)c1C1=C(O)C2CC3(COC(C)(C)O3)CC2C1=O.CCc1cc(C)cc(CC)c1C1=C(OC(C)=O)C2CC3(COC(C)(C)O3)CC2C1=O. The lowest BCUT2D eigenvalue weighted by atomic mass is 9.86. The summed E-state index contributed by atoms with van der Waals surface area (Å²) in [7, 11) is 0. The van der Waals surface area contributed by atoms with Crippen LogP contribution < -0.4 is 0 Å². The second-order valence-electron chi connectivity index (χ2n) is 19.4. The predicted molar refractivity (Wildman–Crippen MR) is 241 cm³/mol. The van der Waals surface area contributed by atoms with Crippen LogP contribution in [0.4, 0.5) is 0 Å². The quantitative estimate of drug-likeness (QED) is 0.208. The van der Waals surface area contributed by atoms with Gasteiger partial charge in [-0.15, -0.1) is 0 Å². The third kappa shape index (κ3) is 9.71. The maximum atomic E-state index is 13.8. The van der Waals surface area contributed by atoms with Crippen LogP contribution in [0.15, 0.2) is 35.8 Å². The number of ether oxygens (including phenoxy) is 6. The molecular formula is C52H68O12. The molecule has 8 rings (SSSR count). The molecule has 6 unspecified atom stereocenters. The minimum absolute atomic E-state index is 0.0784. The van der Waals surface area contributed by atoms with Crippen molar-refractivity contribution in [2.75, 3.05) is 13.2 Å². The molecule has 6 aliphatic rings. The molecule has 6 atom stereocenters. The Labute approximate surface area is 378 Å². The van der Waals surface area contributed by atoms with Crippen molar-refractivity contribution in [3.05, 3.63) is 80.3 Å². The fourth-order valence-corrected chi connectivity index (χ4v) is 11.2. The molecule has 1 N–H and O–H groups in total. The van der Waals surface area contributed by atoms with Crippen LogP contribution in [-0.2, 0) is 78.1 Å². The zero-order chi connectivity index (χ0) is 47.3. The average Bonchev–Trinajstić information content (AvgIpc) is 4.01. The maximum Gasteiger partial charge on any atom is 0.310 e. The zero-order valence-electron chi connectivity index (χ0n) is 40.1. The van der Waals surface area contributed by atoms with Crippen molar-refractivity contribution in [3.63, 3.8) is 0 Å². The van der Waals surface area contributed by atoms with Crippen LogP contribution in [-0.4, -0.2) is 70.6 Å². The van der Waals surface area contributed by atoms with E-state index in [4.69, 9.17) is 23.7 Å². The van der Waals surface area contributed by atoms with Crippen molar-refractivity contribution >= 4 is 40.6 Å². The van der Waals surface area contributed by atoms with Crippen molar-refractivity contribution in [1.82, 2.24) is 0 Å². The largest absolute Gasteiger partial charge is 0.511 e. The van der Waals surface area contributed by atoms with Crippen LogP contribution >= 0.6 is 0 Å². The summed E-state index contributed by atoms with van der Waals surface area (Å²) in [5.41, 5.74) is 9.15. The van der Waals surface area contributed by atoms with Crippen LogP contribution in [0.3, 0.4) is 0 Å². The molecule has 2 saturated carbocycles. The van der Waals surface area contributed by atoms with Crippen LogP contribution in [0.2, 0.25) is 0 Å². The number of esters is 3. The van der Waals surface area contributed by atoms with E-state index in [9.17, 15) is 29.1 Å². The highest BCUT2D eigenvalue weighted by molar-refractivity contribution is 6.26. The molecule has 0 bridgehead atoms. The first-order valence-electron chi connectivity index (χ1n) is 23.0. The number of ketones is 2. The Bertz CT molecular complexity index is 2230. The molecule has 2 aromatic rings. The molecule has 2 aromatic carbocycles. The second-order valence-corrected chi connectivity index (χ2v) is 19.4. The number of aliphatic hydroxyl groups excluding tert-OH is 1. The smallest absolute Gasteiger partial charge is 0.310 e. The summed E-state index contributed by atoms with van der Waals surface area (Å²) in [4.78, 5) is 58.8. The number of carbonyl (C=O) groups excluding carboxylic acids is 5. The van der Waals surface area contributed by atoms with E-state index >= 15 is 0 Å². The number of hydrogen-bond donors (Lipinski definition) is 1. The van der Waals surface area contributed by atoms with Crippen LogP contribution in [0.5, 0.6) is 0 Å². The number of hydrogen-bond acceptors (Lipinski definition) is 12. The molecule has 12 heteroatoms. The van der Waals surface area contributed by atoms with Crippen molar-refractivity contribution in [3.8, 4) is 0 Å². The topological polar surface area (TPSA) is 161 Å². The first-order chi connectivity index (χ1) is 29.9. The van der Waals surface area contributed by atoms with Gasteiger partial charge in [-0.3, -0.25) is 24.0 Å². The molecule has 0 amide bonds. The second kappa shape index (κ2) is 18.4. The van der Waals surface area contributed by atoms with E-state index < -0.39 is 34.7 Å². The number of rotatable bonds is 7. The van der Waals surface area contributed by atoms with E-state index in [0.29, 0.717) is 55.8 Å². The lowest BCUT2D eigenvalue weighted by Gasteiger charge is -2.26. The lowest BCUT2D eigenvalue weighted by Crippen LogP contribution is -2.32. The number of aliphatic hydroxyl groups is 1. The molecular weight excluding hydrogens is 817 g/mol. The summed E-state index contributed by atoms with van der Waals surface area (Å²) in [6.45, 7) is 24.9.